The first-order valence-electron chi connectivity index (χ1n) is 6.18. The average molecular weight is 253 g/mol. The molecule has 0 aliphatic rings. The zero-order valence-corrected chi connectivity index (χ0v) is 11.4. The Morgan fingerprint density at radius 2 is 1.28 bits per heavy atom. The number of hydrogen-bond acceptors (Lipinski definition) is 0. The lowest BCUT2D eigenvalue weighted by molar-refractivity contribution is 1.28. The first-order chi connectivity index (χ1) is 8.92. The van der Waals surface area contributed by atoms with Crippen LogP contribution in [-0.4, -0.2) is 5.75 Å². The third kappa shape index (κ3) is 3.42. The van der Waals surface area contributed by atoms with Crippen LogP contribution in [0.15, 0.2) is 70.5 Å². The summed E-state index contributed by atoms with van der Waals surface area (Å²) in [5.41, 5.74) is 0. The van der Waals surface area contributed by atoms with Gasteiger partial charge in [0, 0.05) is 6.42 Å². The minimum Gasteiger partial charge on any atom is -0.0987 e. The Labute approximate surface area is 112 Å². The second-order valence-electron chi connectivity index (χ2n) is 3.87. The maximum Gasteiger partial charge on any atom is 0.179 e. The summed E-state index contributed by atoms with van der Waals surface area (Å²) in [5, 5.41) is 0. The fraction of sp³-hybridized carbons (Fsp3) is 0.176. The van der Waals surface area contributed by atoms with Crippen LogP contribution >= 0.6 is 0 Å². The molecule has 18 heavy (non-hydrogen) atoms. The van der Waals surface area contributed by atoms with Crippen LogP contribution in [0, 0.1) is 11.8 Å². The molecule has 0 radical (unpaired) electrons. The molecule has 0 N–H and O–H groups in total. The van der Waals surface area contributed by atoms with Crippen molar-refractivity contribution in [3.63, 3.8) is 0 Å². The predicted octanol–water partition coefficient (Wildman–Crippen LogP) is 4.14. The molecule has 2 rings (SSSR count). The Balaban J connectivity index is 2.29. The Hall–Kier alpha value is -1.65. The van der Waals surface area contributed by atoms with Crippen LogP contribution in [0.4, 0.5) is 0 Å². The highest BCUT2D eigenvalue weighted by Gasteiger charge is 2.23. The molecular formula is C17H17S+. The lowest BCUT2D eigenvalue weighted by Crippen LogP contribution is -2.07. The molecular weight excluding hydrogens is 236 g/mol. The van der Waals surface area contributed by atoms with Gasteiger partial charge in [0.05, 0.1) is 10.9 Å². The summed E-state index contributed by atoms with van der Waals surface area (Å²) in [4.78, 5) is 2.74. The van der Waals surface area contributed by atoms with Gasteiger partial charge in [-0.25, -0.2) is 0 Å². The van der Waals surface area contributed by atoms with Gasteiger partial charge in [0.25, 0.3) is 0 Å². The van der Waals surface area contributed by atoms with Gasteiger partial charge in [-0.15, -0.1) is 0 Å². The van der Waals surface area contributed by atoms with Crippen molar-refractivity contribution < 1.29 is 0 Å². The smallest absolute Gasteiger partial charge is 0.0987 e. The Morgan fingerprint density at radius 1 is 0.778 bits per heavy atom. The van der Waals surface area contributed by atoms with Crippen LogP contribution in [0.3, 0.4) is 0 Å². The summed E-state index contributed by atoms with van der Waals surface area (Å²) >= 11 is 0. The van der Waals surface area contributed by atoms with Gasteiger partial charge in [-0.05, 0) is 30.2 Å². The van der Waals surface area contributed by atoms with Crippen LogP contribution < -0.4 is 0 Å². The fourth-order valence-electron chi connectivity index (χ4n) is 1.72. The first-order valence-corrected chi connectivity index (χ1v) is 7.58. The van der Waals surface area contributed by atoms with E-state index in [1.54, 1.807) is 0 Å². The van der Waals surface area contributed by atoms with E-state index < -0.39 is 0 Å². The second kappa shape index (κ2) is 6.93. The van der Waals surface area contributed by atoms with Crippen molar-refractivity contribution in [1.29, 1.82) is 0 Å². The average Bonchev–Trinajstić information content (AvgIpc) is 2.46. The van der Waals surface area contributed by atoms with Crippen molar-refractivity contribution >= 4 is 10.9 Å². The molecule has 0 unspecified atom stereocenters. The van der Waals surface area contributed by atoms with Gasteiger partial charge in [0.15, 0.2) is 15.5 Å². The van der Waals surface area contributed by atoms with Crippen LogP contribution in [0.2, 0.25) is 0 Å². The highest BCUT2D eigenvalue weighted by molar-refractivity contribution is 7.97. The molecule has 0 saturated carbocycles. The van der Waals surface area contributed by atoms with Crippen molar-refractivity contribution in [2.45, 2.75) is 23.1 Å². The van der Waals surface area contributed by atoms with Gasteiger partial charge < -0.3 is 0 Å². The maximum atomic E-state index is 3.29. The molecule has 0 amide bonds. The molecule has 2 aromatic rings. The van der Waals surface area contributed by atoms with E-state index in [9.17, 15) is 0 Å². The zero-order chi connectivity index (χ0) is 12.6. The van der Waals surface area contributed by atoms with E-state index >= 15 is 0 Å². The lowest BCUT2D eigenvalue weighted by atomic mass is 10.4. The highest BCUT2D eigenvalue weighted by atomic mass is 32.2. The summed E-state index contributed by atoms with van der Waals surface area (Å²) in [5.74, 6) is 7.39. The Bertz CT molecular complexity index is 480. The van der Waals surface area contributed by atoms with Gasteiger partial charge in [-0.1, -0.05) is 49.2 Å². The van der Waals surface area contributed by atoms with E-state index in [4.69, 9.17) is 0 Å². The molecule has 0 bridgehead atoms. The maximum absolute atomic E-state index is 3.29. The van der Waals surface area contributed by atoms with Gasteiger partial charge in [-0.2, -0.15) is 0 Å². The first kappa shape index (κ1) is 12.8. The standard InChI is InChI=1S/C17H17S/c1-2-3-10-15-18(16-11-6-4-7-12-16)17-13-8-5-9-14-17/h4-9,11-14H,2,15H2,1H3/q+1. The summed E-state index contributed by atoms with van der Waals surface area (Å²) < 4.78 is 0. The largest absolute Gasteiger partial charge is 0.179 e. The third-order valence-corrected chi connectivity index (χ3v) is 4.69. The number of rotatable bonds is 3. The molecule has 0 aliphatic heterocycles. The van der Waals surface area contributed by atoms with Crippen LogP contribution in [0.5, 0.6) is 0 Å². The number of hydrogen-bond donors (Lipinski definition) is 0. The minimum atomic E-state index is 0.0737. The SMILES string of the molecule is CCC#CC[S+](c1ccccc1)c1ccccc1. The predicted molar refractivity (Wildman–Crippen MR) is 79.7 cm³/mol. The molecule has 0 spiro atoms. The monoisotopic (exact) mass is 253 g/mol. The summed E-state index contributed by atoms with van der Waals surface area (Å²) in [6.45, 7) is 2.09. The van der Waals surface area contributed by atoms with E-state index in [2.05, 4.69) is 79.4 Å². The Morgan fingerprint density at radius 3 is 1.72 bits per heavy atom. The van der Waals surface area contributed by atoms with Gasteiger partial charge in [0.2, 0.25) is 0 Å². The van der Waals surface area contributed by atoms with Crippen molar-refractivity contribution in [1.82, 2.24) is 0 Å². The summed E-state index contributed by atoms with van der Waals surface area (Å²) in [6, 6.07) is 21.3. The molecule has 0 saturated heterocycles. The number of benzene rings is 2. The molecule has 1 heteroatoms. The Kier molecular flexibility index (Phi) is 4.93. The lowest BCUT2D eigenvalue weighted by Gasteiger charge is -2.04. The topological polar surface area (TPSA) is 0 Å². The van der Waals surface area contributed by atoms with E-state index in [1.165, 1.54) is 9.79 Å². The normalized spacial score (nSPS) is 9.89. The van der Waals surface area contributed by atoms with Gasteiger partial charge >= 0.3 is 0 Å². The van der Waals surface area contributed by atoms with Crippen LogP contribution in [0.25, 0.3) is 0 Å². The second-order valence-corrected chi connectivity index (χ2v) is 5.88. The molecule has 2 aromatic carbocycles. The molecule has 0 heterocycles. The van der Waals surface area contributed by atoms with E-state index in [0.29, 0.717) is 0 Å². The van der Waals surface area contributed by atoms with Crippen molar-refractivity contribution in [3.05, 3.63) is 60.7 Å². The molecule has 0 nitrogen and oxygen atoms in total. The van der Waals surface area contributed by atoms with Crippen molar-refractivity contribution in [2.75, 3.05) is 5.75 Å². The summed E-state index contributed by atoms with van der Waals surface area (Å²) in [7, 11) is 0.0737. The third-order valence-electron chi connectivity index (χ3n) is 2.57. The van der Waals surface area contributed by atoms with E-state index in [1.807, 2.05) is 0 Å². The quantitative estimate of drug-likeness (QED) is 0.570. The fourth-order valence-corrected chi connectivity index (χ4v) is 3.54. The molecule has 0 atom stereocenters. The summed E-state index contributed by atoms with van der Waals surface area (Å²) in [6.07, 6.45) is 0.931. The molecule has 0 aromatic heterocycles. The molecule has 90 valence electrons. The highest BCUT2D eigenvalue weighted by Crippen LogP contribution is 2.22. The van der Waals surface area contributed by atoms with Crippen LogP contribution in [-0.2, 0) is 10.9 Å². The zero-order valence-electron chi connectivity index (χ0n) is 10.6. The molecule has 0 aliphatic carbocycles. The van der Waals surface area contributed by atoms with Crippen molar-refractivity contribution in [2.24, 2.45) is 0 Å². The van der Waals surface area contributed by atoms with Gasteiger partial charge in [0.1, 0.15) is 0 Å². The van der Waals surface area contributed by atoms with Crippen molar-refractivity contribution in [3.8, 4) is 11.8 Å². The van der Waals surface area contributed by atoms with E-state index in [0.717, 1.165) is 12.2 Å². The van der Waals surface area contributed by atoms with Crippen LogP contribution in [0.1, 0.15) is 13.3 Å². The van der Waals surface area contributed by atoms with E-state index in [-0.39, 0.29) is 10.9 Å². The van der Waals surface area contributed by atoms with Gasteiger partial charge in [-0.3, -0.25) is 0 Å². The minimum absolute atomic E-state index is 0.0737. The molecule has 0 fully saturated rings.